The normalized spacial score (nSPS) is 10.3. The number of furan rings is 1. The van der Waals surface area contributed by atoms with Crippen LogP contribution in [0.25, 0.3) is 0 Å². The fourth-order valence-electron chi connectivity index (χ4n) is 1.31. The zero-order chi connectivity index (χ0) is 11.4. The lowest BCUT2D eigenvalue weighted by Gasteiger charge is -1.99. The highest BCUT2D eigenvalue weighted by Gasteiger charge is 2.06. The number of hydrogen-bond donors (Lipinski definition) is 1. The van der Waals surface area contributed by atoms with E-state index in [9.17, 15) is 4.79 Å². The molecule has 0 saturated heterocycles. The molecule has 1 amide bonds. The number of amides is 1. The lowest BCUT2D eigenvalue weighted by molar-refractivity contribution is -0.116. The van der Waals surface area contributed by atoms with Crippen molar-refractivity contribution in [1.82, 2.24) is 4.37 Å². The van der Waals surface area contributed by atoms with E-state index in [-0.39, 0.29) is 5.91 Å². The van der Waals surface area contributed by atoms with Crippen LogP contribution in [0.4, 0.5) is 5.00 Å². The molecule has 5 heteroatoms. The third kappa shape index (κ3) is 2.93. The smallest absolute Gasteiger partial charge is 0.225 e. The first-order valence-electron chi connectivity index (χ1n) is 4.99. The molecule has 0 bridgehead atoms. The predicted molar refractivity (Wildman–Crippen MR) is 62.5 cm³/mol. The predicted octanol–water partition coefficient (Wildman–Crippen LogP) is 2.62. The monoisotopic (exact) mass is 236 g/mol. The Morgan fingerprint density at radius 2 is 2.50 bits per heavy atom. The summed E-state index contributed by atoms with van der Waals surface area (Å²) in [6.45, 7) is 1.90. The molecule has 0 atom stereocenters. The van der Waals surface area contributed by atoms with E-state index in [1.54, 1.807) is 6.26 Å². The molecule has 1 N–H and O–H groups in total. The summed E-state index contributed by atoms with van der Waals surface area (Å²) < 4.78 is 9.24. The van der Waals surface area contributed by atoms with E-state index in [0.717, 1.165) is 16.5 Å². The summed E-state index contributed by atoms with van der Waals surface area (Å²) in [5.74, 6) is 0.815. The van der Waals surface area contributed by atoms with Crippen molar-refractivity contribution in [2.24, 2.45) is 0 Å². The van der Waals surface area contributed by atoms with E-state index in [1.807, 2.05) is 25.1 Å². The molecule has 0 spiro atoms. The van der Waals surface area contributed by atoms with Gasteiger partial charge in [0.15, 0.2) is 0 Å². The van der Waals surface area contributed by atoms with E-state index in [4.69, 9.17) is 4.42 Å². The molecule has 4 nitrogen and oxygen atoms in total. The molecular formula is C11H12N2O2S. The maximum Gasteiger partial charge on any atom is 0.225 e. The van der Waals surface area contributed by atoms with Gasteiger partial charge in [0, 0.05) is 12.8 Å². The quantitative estimate of drug-likeness (QED) is 0.887. The van der Waals surface area contributed by atoms with Crippen molar-refractivity contribution >= 4 is 22.4 Å². The van der Waals surface area contributed by atoms with Crippen LogP contribution in [0.3, 0.4) is 0 Å². The zero-order valence-corrected chi connectivity index (χ0v) is 9.71. The van der Waals surface area contributed by atoms with Gasteiger partial charge in [-0.05, 0) is 36.7 Å². The molecule has 0 saturated carbocycles. The molecular weight excluding hydrogens is 224 g/mol. The first kappa shape index (κ1) is 10.9. The van der Waals surface area contributed by atoms with Gasteiger partial charge in [-0.1, -0.05) is 0 Å². The molecule has 2 rings (SSSR count). The molecule has 0 fully saturated rings. The van der Waals surface area contributed by atoms with Gasteiger partial charge in [0.25, 0.3) is 0 Å². The van der Waals surface area contributed by atoms with E-state index in [2.05, 4.69) is 9.69 Å². The standard InChI is InChI=1S/C11H12N2O2S/c1-8-7-11(16-13-8)12-10(14)5-4-9-3-2-6-15-9/h2-3,6-7H,4-5H2,1H3,(H,12,14). The summed E-state index contributed by atoms with van der Waals surface area (Å²) in [5.41, 5.74) is 0.923. The van der Waals surface area contributed by atoms with E-state index in [1.165, 1.54) is 11.5 Å². The van der Waals surface area contributed by atoms with Crippen LogP contribution in [0.5, 0.6) is 0 Å². The number of nitrogens with one attached hydrogen (secondary N) is 1. The number of aryl methyl sites for hydroxylation is 2. The molecule has 84 valence electrons. The molecule has 2 aromatic heterocycles. The van der Waals surface area contributed by atoms with Crippen LogP contribution in [0.1, 0.15) is 17.9 Å². The second-order valence-electron chi connectivity index (χ2n) is 3.46. The Bertz CT molecular complexity index is 462. The Balaban J connectivity index is 1.81. The minimum atomic E-state index is -0.0138. The summed E-state index contributed by atoms with van der Waals surface area (Å²) in [7, 11) is 0. The van der Waals surface area contributed by atoms with Gasteiger partial charge in [0.05, 0.1) is 12.0 Å². The van der Waals surface area contributed by atoms with Crippen molar-refractivity contribution in [3.05, 3.63) is 35.9 Å². The molecule has 0 aromatic carbocycles. The molecule has 2 heterocycles. The van der Waals surface area contributed by atoms with Gasteiger partial charge in [-0.2, -0.15) is 4.37 Å². The van der Waals surface area contributed by atoms with Crippen LogP contribution in [-0.4, -0.2) is 10.3 Å². The molecule has 0 unspecified atom stereocenters. The largest absolute Gasteiger partial charge is 0.469 e. The minimum absolute atomic E-state index is 0.0138. The molecule has 0 radical (unpaired) electrons. The first-order chi connectivity index (χ1) is 7.74. The highest BCUT2D eigenvalue weighted by atomic mass is 32.1. The van der Waals surface area contributed by atoms with Crippen LogP contribution in [0.15, 0.2) is 28.9 Å². The SMILES string of the molecule is Cc1cc(NC(=O)CCc2ccco2)sn1. The average molecular weight is 236 g/mol. The van der Waals surface area contributed by atoms with Crippen LogP contribution in [0, 0.1) is 6.92 Å². The van der Waals surface area contributed by atoms with Crippen molar-refractivity contribution in [1.29, 1.82) is 0 Å². The number of anilines is 1. The summed E-state index contributed by atoms with van der Waals surface area (Å²) in [4.78, 5) is 11.5. The molecule has 2 aromatic rings. The zero-order valence-electron chi connectivity index (χ0n) is 8.90. The van der Waals surface area contributed by atoms with E-state index >= 15 is 0 Å². The summed E-state index contributed by atoms with van der Waals surface area (Å²) in [6.07, 6.45) is 2.65. The lowest BCUT2D eigenvalue weighted by Crippen LogP contribution is -2.11. The highest BCUT2D eigenvalue weighted by molar-refractivity contribution is 7.10. The maximum atomic E-state index is 11.5. The number of hydrogen-bond acceptors (Lipinski definition) is 4. The highest BCUT2D eigenvalue weighted by Crippen LogP contribution is 2.15. The number of rotatable bonds is 4. The van der Waals surface area contributed by atoms with E-state index in [0.29, 0.717) is 12.8 Å². The minimum Gasteiger partial charge on any atom is -0.469 e. The van der Waals surface area contributed by atoms with Crippen LogP contribution in [-0.2, 0) is 11.2 Å². The van der Waals surface area contributed by atoms with Gasteiger partial charge < -0.3 is 9.73 Å². The molecule has 0 aliphatic heterocycles. The third-order valence-electron chi connectivity index (χ3n) is 2.07. The maximum absolute atomic E-state index is 11.5. The Hall–Kier alpha value is -1.62. The van der Waals surface area contributed by atoms with Gasteiger partial charge in [-0.25, -0.2) is 0 Å². The topological polar surface area (TPSA) is 55.1 Å². The van der Waals surface area contributed by atoms with Gasteiger partial charge in [-0.3, -0.25) is 4.79 Å². The number of aromatic nitrogens is 1. The van der Waals surface area contributed by atoms with Crippen molar-refractivity contribution in [2.45, 2.75) is 19.8 Å². The Morgan fingerprint density at radius 3 is 3.12 bits per heavy atom. The third-order valence-corrected chi connectivity index (χ3v) is 2.87. The van der Waals surface area contributed by atoms with Crippen LogP contribution >= 0.6 is 11.5 Å². The van der Waals surface area contributed by atoms with Crippen molar-refractivity contribution < 1.29 is 9.21 Å². The van der Waals surface area contributed by atoms with Crippen molar-refractivity contribution in [2.75, 3.05) is 5.32 Å². The lowest BCUT2D eigenvalue weighted by atomic mass is 10.2. The summed E-state index contributed by atoms with van der Waals surface area (Å²) >= 11 is 1.30. The number of carbonyl (C=O) groups excluding carboxylic acids is 1. The van der Waals surface area contributed by atoms with Gasteiger partial charge in [0.2, 0.25) is 5.91 Å². The van der Waals surface area contributed by atoms with Crippen LogP contribution < -0.4 is 5.32 Å². The fraction of sp³-hybridized carbons (Fsp3) is 0.273. The second-order valence-corrected chi connectivity index (χ2v) is 4.27. The van der Waals surface area contributed by atoms with E-state index < -0.39 is 0 Å². The first-order valence-corrected chi connectivity index (χ1v) is 5.77. The Kier molecular flexibility index (Phi) is 3.36. The number of carbonyl (C=O) groups is 1. The van der Waals surface area contributed by atoms with Crippen molar-refractivity contribution in [3.8, 4) is 0 Å². The van der Waals surface area contributed by atoms with Gasteiger partial charge in [-0.15, -0.1) is 0 Å². The van der Waals surface area contributed by atoms with Crippen LogP contribution in [0.2, 0.25) is 0 Å². The Labute approximate surface area is 97.5 Å². The summed E-state index contributed by atoms with van der Waals surface area (Å²) in [5, 5.41) is 3.59. The second kappa shape index (κ2) is 4.94. The summed E-state index contributed by atoms with van der Waals surface area (Å²) in [6, 6.07) is 5.54. The fourth-order valence-corrected chi connectivity index (χ4v) is 1.99. The van der Waals surface area contributed by atoms with Crippen molar-refractivity contribution in [3.63, 3.8) is 0 Å². The molecule has 0 aliphatic rings. The average Bonchev–Trinajstić information content (AvgIpc) is 2.87. The van der Waals surface area contributed by atoms with Gasteiger partial charge in [0.1, 0.15) is 10.8 Å². The molecule has 16 heavy (non-hydrogen) atoms. The van der Waals surface area contributed by atoms with Gasteiger partial charge >= 0.3 is 0 Å². The number of nitrogens with zero attached hydrogens (tertiary/aromatic N) is 1. The Morgan fingerprint density at radius 1 is 1.62 bits per heavy atom. The molecule has 0 aliphatic carbocycles.